The van der Waals surface area contributed by atoms with Gasteiger partial charge < -0.3 is 15.2 Å². The van der Waals surface area contributed by atoms with E-state index >= 15 is 0 Å². The number of carbonyl (C=O) groups excluding carboxylic acids is 1. The van der Waals surface area contributed by atoms with Crippen LogP contribution in [0, 0.1) is 11.8 Å². The third-order valence-corrected chi connectivity index (χ3v) is 3.54. The van der Waals surface area contributed by atoms with Crippen LogP contribution in [0.1, 0.15) is 46.5 Å². The Morgan fingerprint density at radius 2 is 1.84 bits per heavy atom. The van der Waals surface area contributed by atoms with E-state index in [1.54, 1.807) is 0 Å². The molecule has 110 valence electrons. The average molecular weight is 271 g/mol. The van der Waals surface area contributed by atoms with Crippen molar-refractivity contribution in [2.24, 2.45) is 11.8 Å². The fourth-order valence-electron chi connectivity index (χ4n) is 2.63. The lowest BCUT2D eigenvalue weighted by Crippen LogP contribution is -2.57. The summed E-state index contributed by atoms with van der Waals surface area (Å²) in [6, 6.07) is 0. The van der Waals surface area contributed by atoms with Crippen LogP contribution < -0.4 is 5.32 Å². The summed E-state index contributed by atoms with van der Waals surface area (Å²) in [6.07, 6.45) is 2.03. The molecule has 1 saturated heterocycles. The summed E-state index contributed by atoms with van der Waals surface area (Å²) < 4.78 is 5.18. The number of nitrogens with one attached hydrogen (secondary N) is 1. The molecular weight excluding hydrogens is 246 g/mol. The highest BCUT2D eigenvalue weighted by Gasteiger charge is 2.41. The van der Waals surface area contributed by atoms with Gasteiger partial charge in [-0.05, 0) is 18.3 Å². The van der Waals surface area contributed by atoms with Crippen LogP contribution in [-0.2, 0) is 14.3 Å². The van der Waals surface area contributed by atoms with Gasteiger partial charge >= 0.3 is 5.97 Å². The quantitative estimate of drug-likeness (QED) is 0.772. The van der Waals surface area contributed by atoms with Gasteiger partial charge in [-0.1, -0.05) is 20.8 Å². The Bertz CT molecular complexity index is 321. The molecule has 1 rings (SSSR count). The number of hydrogen-bond acceptors (Lipinski definition) is 3. The maximum atomic E-state index is 12.0. The predicted molar refractivity (Wildman–Crippen MR) is 71.8 cm³/mol. The van der Waals surface area contributed by atoms with Crippen molar-refractivity contribution in [2.45, 2.75) is 52.0 Å². The molecule has 0 saturated carbocycles. The first-order chi connectivity index (χ1) is 8.85. The lowest BCUT2D eigenvalue weighted by atomic mass is 9.89. The van der Waals surface area contributed by atoms with Crippen LogP contribution in [0.4, 0.5) is 0 Å². The van der Waals surface area contributed by atoms with Crippen molar-refractivity contribution in [3.8, 4) is 0 Å². The number of carbonyl (C=O) groups is 2. The summed E-state index contributed by atoms with van der Waals surface area (Å²) in [5.74, 6) is -0.317. The Morgan fingerprint density at radius 3 is 2.32 bits per heavy atom. The van der Waals surface area contributed by atoms with Crippen LogP contribution in [0.15, 0.2) is 0 Å². The average Bonchev–Trinajstić information content (AvgIpc) is 2.28. The molecule has 0 aliphatic carbocycles. The first-order valence-electron chi connectivity index (χ1n) is 6.98. The molecule has 1 aliphatic rings. The SMILES string of the molecule is CC(C)CC(C)CC(=O)NC1(C(=O)O)CCOCC1. The molecule has 1 aliphatic heterocycles. The van der Waals surface area contributed by atoms with E-state index in [9.17, 15) is 14.7 Å². The maximum absolute atomic E-state index is 12.0. The second kappa shape index (κ2) is 6.89. The van der Waals surface area contributed by atoms with E-state index in [1.165, 1.54) is 0 Å². The van der Waals surface area contributed by atoms with E-state index in [4.69, 9.17) is 4.74 Å². The van der Waals surface area contributed by atoms with Crippen LogP contribution in [0.25, 0.3) is 0 Å². The van der Waals surface area contributed by atoms with Crippen molar-refractivity contribution in [2.75, 3.05) is 13.2 Å². The summed E-state index contributed by atoms with van der Waals surface area (Å²) in [4.78, 5) is 23.4. The van der Waals surface area contributed by atoms with Gasteiger partial charge in [0.15, 0.2) is 0 Å². The van der Waals surface area contributed by atoms with E-state index in [-0.39, 0.29) is 11.8 Å². The molecule has 19 heavy (non-hydrogen) atoms. The monoisotopic (exact) mass is 271 g/mol. The lowest BCUT2D eigenvalue weighted by Gasteiger charge is -2.34. The zero-order chi connectivity index (χ0) is 14.5. The van der Waals surface area contributed by atoms with Gasteiger partial charge in [-0.2, -0.15) is 0 Å². The number of carboxylic acids is 1. The molecule has 0 aromatic carbocycles. The fraction of sp³-hybridized carbons (Fsp3) is 0.857. The van der Waals surface area contributed by atoms with Crippen molar-refractivity contribution < 1.29 is 19.4 Å². The molecule has 0 aromatic rings. The van der Waals surface area contributed by atoms with E-state index in [2.05, 4.69) is 19.2 Å². The smallest absolute Gasteiger partial charge is 0.329 e. The number of ether oxygens (including phenoxy) is 1. The Balaban J connectivity index is 2.55. The van der Waals surface area contributed by atoms with Crippen LogP contribution >= 0.6 is 0 Å². The van der Waals surface area contributed by atoms with E-state index in [0.29, 0.717) is 38.4 Å². The normalized spacial score (nSPS) is 20.0. The molecular formula is C14H25NO4. The maximum Gasteiger partial charge on any atom is 0.329 e. The van der Waals surface area contributed by atoms with Crippen LogP contribution in [0.5, 0.6) is 0 Å². The standard InChI is InChI=1S/C14H25NO4/c1-10(2)8-11(3)9-12(16)15-14(13(17)18)4-6-19-7-5-14/h10-11H,4-9H2,1-3H3,(H,15,16)(H,17,18). The van der Waals surface area contributed by atoms with E-state index < -0.39 is 11.5 Å². The summed E-state index contributed by atoms with van der Waals surface area (Å²) in [6.45, 7) is 7.02. The van der Waals surface area contributed by atoms with Gasteiger partial charge in [0.1, 0.15) is 5.54 Å². The molecule has 0 radical (unpaired) electrons. The van der Waals surface area contributed by atoms with Crippen molar-refractivity contribution in [1.82, 2.24) is 5.32 Å². The Kier molecular flexibility index (Phi) is 5.79. The molecule has 1 amide bonds. The Labute approximate surface area is 114 Å². The van der Waals surface area contributed by atoms with Crippen LogP contribution in [0.3, 0.4) is 0 Å². The zero-order valence-electron chi connectivity index (χ0n) is 12.1. The van der Waals surface area contributed by atoms with Gasteiger partial charge in [0.2, 0.25) is 5.91 Å². The molecule has 0 bridgehead atoms. The summed E-state index contributed by atoms with van der Waals surface area (Å²) in [5, 5.41) is 12.1. The molecule has 0 aromatic heterocycles. The Hall–Kier alpha value is -1.10. The second-order valence-electron chi connectivity index (χ2n) is 5.99. The van der Waals surface area contributed by atoms with Gasteiger partial charge in [0.05, 0.1) is 0 Å². The Morgan fingerprint density at radius 1 is 1.26 bits per heavy atom. The molecule has 5 heteroatoms. The third kappa shape index (κ3) is 4.82. The molecule has 5 nitrogen and oxygen atoms in total. The fourth-order valence-corrected chi connectivity index (χ4v) is 2.63. The topological polar surface area (TPSA) is 75.6 Å². The molecule has 1 atom stereocenters. The summed E-state index contributed by atoms with van der Waals surface area (Å²) in [5.41, 5.74) is -1.13. The molecule has 0 spiro atoms. The number of rotatable bonds is 6. The minimum absolute atomic E-state index is 0.169. The van der Waals surface area contributed by atoms with Gasteiger partial charge in [0.25, 0.3) is 0 Å². The van der Waals surface area contributed by atoms with Gasteiger partial charge in [-0.25, -0.2) is 4.79 Å². The minimum atomic E-state index is -1.13. The molecule has 1 heterocycles. The first-order valence-corrected chi connectivity index (χ1v) is 6.98. The summed E-state index contributed by atoms with van der Waals surface area (Å²) >= 11 is 0. The van der Waals surface area contributed by atoms with E-state index in [1.807, 2.05) is 6.92 Å². The number of aliphatic carboxylic acids is 1. The first kappa shape index (κ1) is 16.0. The van der Waals surface area contributed by atoms with Gasteiger partial charge in [0, 0.05) is 32.5 Å². The van der Waals surface area contributed by atoms with Gasteiger partial charge in [-0.15, -0.1) is 0 Å². The van der Waals surface area contributed by atoms with Gasteiger partial charge in [-0.3, -0.25) is 4.79 Å². The third-order valence-electron chi connectivity index (χ3n) is 3.54. The highest BCUT2D eigenvalue weighted by atomic mass is 16.5. The van der Waals surface area contributed by atoms with E-state index in [0.717, 1.165) is 6.42 Å². The zero-order valence-corrected chi connectivity index (χ0v) is 12.1. The van der Waals surface area contributed by atoms with Crippen molar-refractivity contribution >= 4 is 11.9 Å². The van der Waals surface area contributed by atoms with Crippen molar-refractivity contribution in [1.29, 1.82) is 0 Å². The number of carboxylic acid groups (broad SMARTS) is 1. The second-order valence-corrected chi connectivity index (χ2v) is 5.99. The van der Waals surface area contributed by atoms with Crippen molar-refractivity contribution in [3.63, 3.8) is 0 Å². The minimum Gasteiger partial charge on any atom is -0.480 e. The predicted octanol–water partition coefficient (Wildman–Crippen LogP) is 1.81. The molecule has 1 unspecified atom stereocenters. The molecule has 2 N–H and O–H groups in total. The van der Waals surface area contributed by atoms with Crippen molar-refractivity contribution in [3.05, 3.63) is 0 Å². The van der Waals surface area contributed by atoms with Crippen LogP contribution in [0.2, 0.25) is 0 Å². The summed E-state index contributed by atoms with van der Waals surface area (Å²) in [7, 11) is 0. The highest BCUT2D eigenvalue weighted by Crippen LogP contribution is 2.22. The highest BCUT2D eigenvalue weighted by molar-refractivity contribution is 5.87. The van der Waals surface area contributed by atoms with Crippen LogP contribution in [-0.4, -0.2) is 35.7 Å². The number of amides is 1. The lowest BCUT2D eigenvalue weighted by molar-refractivity contribution is -0.152. The molecule has 1 fully saturated rings. The number of hydrogen-bond donors (Lipinski definition) is 2. The largest absolute Gasteiger partial charge is 0.480 e.